The molecule has 3 nitrogen and oxygen atoms in total. The van der Waals surface area contributed by atoms with Crippen molar-refractivity contribution in [2.24, 2.45) is 0 Å². The van der Waals surface area contributed by atoms with Crippen LogP contribution in [-0.4, -0.2) is 7.05 Å². The highest BCUT2D eigenvalue weighted by atomic mass is 19.1. The number of nitrogens with two attached hydrogens (primary N) is 1. The second kappa shape index (κ2) is 5.40. The summed E-state index contributed by atoms with van der Waals surface area (Å²) in [6.07, 6.45) is 0. The number of halogens is 1. The summed E-state index contributed by atoms with van der Waals surface area (Å²) < 4.78 is 13.1. The Bertz CT molecular complexity index is 632. The highest BCUT2D eigenvalue weighted by Gasteiger charge is 2.07. The first-order valence-electron chi connectivity index (χ1n) is 5.85. The van der Waals surface area contributed by atoms with Crippen LogP contribution < -0.4 is 10.6 Å². The average molecular weight is 255 g/mol. The van der Waals surface area contributed by atoms with Crippen LogP contribution in [0.3, 0.4) is 0 Å². The van der Waals surface area contributed by atoms with E-state index >= 15 is 0 Å². The Kier molecular flexibility index (Phi) is 3.67. The molecule has 0 atom stereocenters. The van der Waals surface area contributed by atoms with Crippen LogP contribution in [0, 0.1) is 17.1 Å². The number of nitriles is 1. The van der Waals surface area contributed by atoms with Crippen molar-refractivity contribution in [3.63, 3.8) is 0 Å². The van der Waals surface area contributed by atoms with Gasteiger partial charge in [0.2, 0.25) is 0 Å². The van der Waals surface area contributed by atoms with Crippen molar-refractivity contribution >= 4 is 11.4 Å². The molecule has 4 heteroatoms. The quantitative estimate of drug-likeness (QED) is 0.858. The predicted molar refractivity (Wildman–Crippen MR) is 74.1 cm³/mol. The van der Waals surface area contributed by atoms with E-state index in [0.717, 1.165) is 11.3 Å². The molecule has 0 aromatic heterocycles. The Balaban J connectivity index is 2.25. The molecule has 0 fully saturated rings. The molecular formula is C15H14FN3. The molecule has 0 aliphatic heterocycles. The van der Waals surface area contributed by atoms with Gasteiger partial charge in [-0.1, -0.05) is 12.1 Å². The molecule has 0 aliphatic carbocycles. The van der Waals surface area contributed by atoms with Gasteiger partial charge in [0, 0.05) is 13.6 Å². The standard InChI is InChI=1S/C15H14FN3/c1-19(10-12-3-2-4-13(16)7-12)15-8-11(9-17)5-6-14(15)18/h2-8H,10,18H2,1H3. The van der Waals surface area contributed by atoms with Gasteiger partial charge in [0.05, 0.1) is 23.0 Å². The molecule has 2 aromatic carbocycles. The van der Waals surface area contributed by atoms with E-state index in [9.17, 15) is 4.39 Å². The van der Waals surface area contributed by atoms with Crippen molar-refractivity contribution in [1.82, 2.24) is 0 Å². The summed E-state index contributed by atoms with van der Waals surface area (Å²) in [5, 5.41) is 8.90. The molecule has 0 heterocycles. The largest absolute Gasteiger partial charge is 0.397 e. The van der Waals surface area contributed by atoms with Gasteiger partial charge in [0.15, 0.2) is 0 Å². The van der Waals surface area contributed by atoms with E-state index in [4.69, 9.17) is 11.0 Å². The van der Waals surface area contributed by atoms with Gasteiger partial charge in [-0.3, -0.25) is 0 Å². The monoisotopic (exact) mass is 255 g/mol. The summed E-state index contributed by atoms with van der Waals surface area (Å²) in [6.45, 7) is 0.525. The van der Waals surface area contributed by atoms with E-state index in [1.165, 1.54) is 12.1 Å². The lowest BCUT2D eigenvalue weighted by atomic mass is 10.1. The zero-order valence-electron chi connectivity index (χ0n) is 10.6. The van der Waals surface area contributed by atoms with E-state index in [0.29, 0.717) is 17.8 Å². The molecule has 0 saturated heterocycles. The molecule has 0 spiro atoms. The molecule has 0 aliphatic rings. The normalized spacial score (nSPS) is 9.95. The molecule has 0 radical (unpaired) electrons. The topological polar surface area (TPSA) is 53.0 Å². The van der Waals surface area contributed by atoms with Crippen molar-refractivity contribution in [2.45, 2.75) is 6.54 Å². The van der Waals surface area contributed by atoms with E-state index in [1.807, 2.05) is 18.0 Å². The summed E-state index contributed by atoms with van der Waals surface area (Å²) in [4.78, 5) is 1.89. The lowest BCUT2D eigenvalue weighted by Crippen LogP contribution is -2.18. The van der Waals surface area contributed by atoms with Gasteiger partial charge < -0.3 is 10.6 Å². The zero-order chi connectivity index (χ0) is 13.8. The zero-order valence-corrected chi connectivity index (χ0v) is 10.6. The summed E-state index contributed by atoms with van der Waals surface area (Å²) in [6, 6.07) is 13.6. The van der Waals surface area contributed by atoms with Crippen molar-refractivity contribution < 1.29 is 4.39 Å². The van der Waals surface area contributed by atoms with E-state index in [2.05, 4.69) is 6.07 Å². The molecule has 0 bridgehead atoms. The molecule has 96 valence electrons. The Labute approximate surface area is 111 Å². The third kappa shape index (κ3) is 3.02. The molecule has 2 rings (SSSR count). The van der Waals surface area contributed by atoms with E-state index < -0.39 is 0 Å². The smallest absolute Gasteiger partial charge is 0.123 e. The van der Waals surface area contributed by atoms with Crippen LogP contribution in [0.25, 0.3) is 0 Å². The molecule has 2 N–H and O–H groups in total. The first-order valence-corrected chi connectivity index (χ1v) is 5.85. The molecule has 0 amide bonds. The minimum absolute atomic E-state index is 0.260. The fourth-order valence-corrected chi connectivity index (χ4v) is 1.94. The first-order chi connectivity index (χ1) is 9.10. The van der Waals surface area contributed by atoms with Crippen molar-refractivity contribution in [1.29, 1.82) is 5.26 Å². The van der Waals surface area contributed by atoms with Crippen molar-refractivity contribution in [2.75, 3.05) is 17.7 Å². The average Bonchev–Trinajstić information content (AvgIpc) is 2.39. The van der Waals surface area contributed by atoms with Gasteiger partial charge in [0.1, 0.15) is 5.82 Å². The number of hydrogen-bond donors (Lipinski definition) is 1. The molecule has 0 unspecified atom stereocenters. The number of rotatable bonds is 3. The van der Waals surface area contributed by atoms with Crippen LogP contribution in [-0.2, 0) is 6.54 Å². The molecule has 2 aromatic rings. The maximum Gasteiger partial charge on any atom is 0.123 e. The highest BCUT2D eigenvalue weighted by Crippen LogP contribution is 2.24. The number of benzene rings is 2. The predicted octanol–water partition coefficient (Wildman–Crippen LogP) is 2.92. The third-order valence-corrected chi connectivity index (χ3v) is 2.88. The SMILES string of the molecule is CN(Cc1cccc(F)c1)c1cc(C#N)ccc1N. The van der Waals surface area contributed by atoms with Gasteiger partial charge >= 0.3 is 0 Å². The lowest BCUT2D eigenvalue weighted by molar-refractivity contribution is 0.625. The van der Waals surface area contributed by atoms with Crippen molar-refractivity contribution in [3.05, 3.63) is 59.4 Å². The molecular weight excluding hydrogens is 241 g/mol. The van der Waals surface area contributed by atoms with Crippen LogP contribution in [0.2, 0.25) is 0 Å². The maximum absolute atomic E-state index is 13.1. The minimum atomic E-state index is -0.260. The van der Waals surface area contributed by atoms with Gasteiger partial charge in [-0.25, -0.2) is 4.39 Å². The summed E-state index contributed by atoms with van der Waals surface area (Å²) in [7, 11) is 1.86. The Morgan fingerprint density at radius 1 is 1.26 bits per heavy atom. The fourth-order valence-electron chi connectivity index (χ4n) is 1.94. The minimum Gasteiger partial charge on any atom is -0.397 e. The first kappa shape index (κ1) is 12.9. The van der Waals surface area contributed by atoms with Crippen LogP contribution in [0.5, 0.6) is 0 Å². The Hall–Kier alpha value is -2.54. The van der Waals surface area contributed by atoms with Gasteiger partial charge in [0.25, 0.3) is 0 Å². The summed E-state index contributed by atoms with van der Waals surface area (Å²) in [5.41, 5.74) is 8.67. The number of nitrogen functional groups attached to an aromatic ring is 1. The molecule has 0 saturated carbocycles. The second-order valence-electron chi connectivity index (χ2n) is 4.37. The van der Waals surface area contributed by atoms with Gasteiger partial charge in [-0.2, -0.15) is 5.26 Å². The third-order valence-electron chi connectivity index (χ3n) is 2.88. The van der Waals surface area contributed by atoms with E-state index in [-0.39, 0.29) is 5.82 Å². The lowest BCUT2D eigenvalue weighted by Gasteiger charge is -2.21. The van der Waals surface area contributed by atoms with Gasteiger partial charge in [-0.05, 0) is 35.9 Å². The highest BCUT2D eigenvalue weighted by molar-refractivity contribution is 5.69. The van der Waals surface area contributed by atoms with Crippen LogP contribution in [0.15, 0.2) is 42.5 Å². The summed E-state index contributed by atoms with van der Waals surface area (Å²) >= 11 is 0. The van der Waals surface area contributed by atoms with Crippen LogP contribution >= 0.6 is 0 Å². The Morgan fingerprint density at radius 2 is 2.05 bits per heavy atom. The molecule has 19 heavy (non-hydrogen) atoms. The number of nitrogens with zero attached hydrogens (tertiary/aromatic N) is 2. The second-order valence-corrected chi connectivity index (χ2v) is 4.37. The maximum atomic E-state index is 13.1. The number of hydrogen-bond acceptors (Lipinski definition) is 3. The van der Waals surface area contributed by atoms with Crippen LogP contribution in [0.4, 0.5) is 15.8 Å². The Morgan fingerprint density at radius 3 is 2.74 bits per heavy atom. The van der Waals surface area contributed by atoms with Crippen LogP contribution in [0.1, 0.15) is 11.1 Å². The fraction of sp³-hybridized carbons (Fsp3) is 0.133. The van der Waals surface area contributed by atoms with Crippen molar-refractivity contribution in [3.8, 4) is 6.07 Å². The summed E-state index contributed by atoms with van der Waals surface area (Å²) in [5.74, 6) is -0.260. The van der Waals surface area contributed by atoms with E-state index in [1.54, 1.807) is 24.3 Å². The number of anilines is 2. The van der Waals surface area contributed by atoms with Gasteiger partial charge in [-0.15, -0.1) is 0 Å².